The Morgan fingerprint density at radius 3 is 2.59 bits per heavy atom. The molecule has 120 valence electrons. The van der Waals surface area contributed by atoms with Crippen molar-refractivity contribution in [1.82, 2.24) is 5.32 Å². The Morgan fingerprint density at radius 1 is 1.36 bits per heavy atom. The molecular formula is C15H17F2NO4. The largest absolute Gasteiger partial charge is 0.492 e. The number of aliphatic carboxylic acids is 1. The number of hydrogen-bond acceptors (Lipinski definition) is 3. The van der Waals surface area contributed by atoms with E-state index in [4.69, 9.17) is 9.84 Å². The minimum atomic E-state index is -2.81. The molecule has 0 saturated carbocycles. The quantitative estimate of drug-likeness (QED) is 0.872. The number of amides is 1. The van der Waals surface area contributed by atoms with Crippen LogP contribution < -0.4 is 10.1 Å². The van der Waals surface area contributed by atoms with E-state index < -0.39 is 36.7 Å². The van der Waals surface area contributed by atoms with Gasteiger partial charge >= 0.3 is 5.97 Å². The van der Waals surface area contributed by atoms with Crippen LogP contribution in [-0.4, -0.2) is 36.1 Å². The number of rotatable bonds is 5. The maximum atomic E-state index is 12.4. The smallest absolute Gasteiger partial charge is 0.326 e. The van der Waals surface area contributed by atoms with Crippen LogP contribution in [0.5, 0.6) is 5.75 Å². The number of carbonyl (C=O) groups is 2. The van der Waals surface area contributed by atoms with E-state index in [1.54, 1.807) is 0 Å². The standard InChI is InChI=1S/C15H17F2NO4/c1-7-3-9-10(6-22-12(9)4-8(7)2)14(19)18-11(15(20)21)5-13(16)17/h3-4,10-11,13H,5-6H2,1-2H3,(H,18,19)(H,20,21). The maximum Gasteiger partial charge on any atom is 0.326 e. The van der Waals surface area contributed by atoms with Crippen molar-refractivity contribution in [2.75, 3.05) is 6.61 Å². The van der Waals surface area contributed by atoms with Gasteiger partial charge in [0.05, 0.1) is 0 Å². The average molecular weight is 313 g/mol. The maximum absolute atomic E-state index is 12.4. The highest BCUT2D eigenvalue weighted by Crippen LogP contribution is 2.36. The molecule has 22 heavy (non-hydrogen) atoms. The fraction of sp³-hybridized carbons (Fsp3) is 0.467. The monoisotopic (exact) mass is 313 g/mol. The molecule has 1 amide bonds. The van der Waals surface area contributed by atoms with Crippen LogP contribution in [0.15, 0.2) is 12.1 Å². The number of carboxylic acid groups (broad SMARTS) is 1. The molecule has 0 fully saturated rings. The van der Waals surface area contributed by atoms with E-state index in [9.17, 15) is 18.4 Å². The zero-order chi connectivity index (χ0) is 16.4. The van der Waals surface area contributed by atoms with Crippen LogP contribution in [0.4, 0.5) is 8.78 Å². The van der Waals surface area contributed by atoms with E-state index in [0.29, 0.717) is 11.3 Å². The van der Waals surface area contributed by atoms with E-state index in [2.05, 4.69) is 5.32 Å². The van der Waals surface area contributed by atoms with E-state index in [1.807, 2.05) is 26.0 Å². The van der Waals surface area contributed by atoms with Gasteiger partial charge in [-0.1, -0.05) is 6.07 Å². The number of carboxylic acids is 1. The third-order valence-corrected chi connectivity index (χ3v) is 3.75. The van der Waals surface area contributed by atoms with Crippen molar-refractivity contribution in [2.24, 2.45) is 0 Å². The minimum absolute atomic E-state index is 0.0745. The predicted octanol–water partition coefficient (Wildman–Crippen LogP) is 2.00. The zero-order valence-corrected chi connectivity index (χ0v) is 12.2. The van der Waals surface area contributed by atoms with Gasteiger partial charge in [-0.15, -0.1) is 0 Å². The van der Waals surface area contributed by atoms with Gasteiger partial charge in [-0.05, 0) is 31.0 Å². The minimum Gasteiger partial charge on any atom is -0.492 e. The van der Waals surface area contributed by atoms with E-state index >= 15 is 0 Å². The second-order valence-electron chi connectivity index (χ2n) is 5.36. The molecule has 1 aliphatic heterocycles. The molecule has 0 aliphatic carbocycles. The SMILES string of the molecule is Cc1cc2c(cc1C)C(C(=O)NC(CC(F)F)C(=O)O)CO2. The molecule has 2 rings (SSSR count). The Kier molecular flexibility index (Phi) is 4.63. The Bertz CT molecular complexity index is 603. The molecule has 0 aromatic heterocycles. The lowest BCUT2D eigenvalue weighted by Crippen LogP contribution is -2.44. The van der Waals surface area contributed by atoms with Gasteiger partial charge in [0.25, 0.3) is 0 Å². The summed E-state index contributed by atoms with van der Waals surface area (Å²) in [5.41, 5.74) is 2.65. The van der Waals surface area contributed by atoms with Crippen molar-refractivity contribution in [3.8, 4) is 5.75 Å². The second kappa shape index (κ2) is 6.29. The molecule has 7 heteroatoms. The van der Waals surface area contributed by atoms with Crippen LogP contribution in [0, 0.1) is 13.8 Å². The number of hydrogen-bond donors (Lipinski definition) is 2. The van der Waals surface area contributed by atoms with Crippen molar-refractivity contribution in [1.29, 1.82) is 0 Å². The summed E-state index contributed by atoms with van der Waals surface area (Å²) in [5.74, 6) is -2.21. The number of halogens is 2. The van der Waals surface area contributed by atoms with Gasteiger partial charge in [-0.25, -0.2) is 13.6 Å². The van der Waals surface area contributed by atoms with Crippen LogP contribution in [0.2, 0.25) is 0 Å². The number of fused-ring (bicyclic) bond motifs is 1. The molecule has 2 atom stereocenters. The summed E-state index contributed by atoms with van der Waals surface area (Å²) in [5, 5.41) is 11.1. The first-order valence-electron chi connectivity index (χ1n) is 6.85. The molecule has 1 heterocycles. The molecule has 2 N–H and O–H groups in total. The van der Waals surface area contributed by atoms with E-state index in [-0.39, 0.29) is 6.61 Å². The fourth-order valence-electron chi connectivity index (χ4n) is 2.36. The Morgan fingerprint density at radius 2 is 2.00 bits per heavy atom. The molecule has 5 nitrogen and oxygen atoms in total. The van der Waals surface area contributed by atoms with Crippen LogP contribution in [0.1, 0.15) is 29.0 Å². The van der Waals surface area contributed by atoms with Crippen molar-refractivity contribution in [2.45, 2.75) is 38.7 Å². The third kappa shape index (κ3) is 3.35. The van der Waals surface area contributed by atoms with Gasteiger partial charge in [-0.3, -0.25) is 4.79 Å². The highest BCUT2D eigenvalue weighted by Gasteiger charge is 2.34. The van der Waals surface area contributed by atoms with Gasteiger partial charge in [0.15, 0.2) is 0 Å². The van der Waals surface area contributed by atoms with E-state index in [0.717, 1.165) is 11.1 Å². The van der Waals surface area contributed by atoms with Crippen molar-refractivity contribution in [3.05, 3.63) is 28.8 Å². The van der Waals surface area contributed by atoms with Gasteiger partial charge in [0, 0.05) is 12.0 Å². The van der Waals surface area contributed by atoms with Gasteiger partial charge < -0.3 is 15.2 Å². The highest BCUT2D eigenvalue weighted by atomic mass is 19.3. The number of ether oxygens (including phenoxy) is 1. The van der Waals surface area contributed by atoms with Crippen LogP contribution in [0.3, 0.4) is 0 Å². The first-order valence-corrected chi connectivity index (χ1v) is 6.85. The molecule has 2 unspecified atom stereocenters. The van der Waals surface area contributed by atoms with Crippen LogP contribution >= 0.6 is 0 Å². The molecule has 1 aromatic carbocycles. The first kappa shape index (κ1) is 16.2. The predicted molar refractivity (Wildman–Crippen MR) is 74.3 cm³/mol. The average Bonchev–Trinajstić information content (AvgIpc) is 2.80. The lowest BCUT2D eigenvalue weighted by atomic mass is 9.96. The summed E-state index contributed by atoms with van der Waals surface area (Å²) in [4.78, 5) is 23.2. The summed E-state index contributed by atoms with van der Waals surface area (Å²) in [6.07, 6.45) is -3.73. The summed E-state index contributed by atoms with van der Waals surface area (Å²) in [6, 6.07) is 2.01. The van der Waals surface area contributed by atoms with Crippen molar-refractivity contribution in [3.63, 3.8) is 0 Å². The molecule has 0 radical (unpaired) electrons. The lowest BCUT2D eigenvalue weighted by Gasteiger charge is -2.17. The Balaban J connectivity index is 2.15. The zero-order valence-electron chi connectivity index (χ0n) is 12.2. The van der Waals surface area contributed by atoms with Crippen molar-refractivity contribution >= 4 is 11.9 Å². The van der Waals surface area contributed by atoms with Gasteiger partial charge in [0.2, 0.25) is 12.3 Å². The number of benzene rings is 1. The summed E-state index contributed by atoms with van der Waals surface area (Å²) in [7, 11) is 0. The molecular weight excluding hydrogens is 296 g/mol. The molecule has 0 saturated heterocycles. The van der Waals surface area contributed by atoms with Crippen LogP contribution in [-0.2, 0) is 9.59 Å². The summed E-state index contributed by atoms with van der Waals surface area (Å²) < 4.78 is 30.2. The molecule has 1 aromatic rings. The number of alkyl halides is 2. The second-order valence-corrected chi connectivity index (χ2v) is 5.36. The molecule has 1 aliphatic rings. The van der Waals surface area contributed by atoms with Gasteiger partial charge in [-0.2, -0.15) is 0 Å². The summed E-state index contributed by atoms with van der Waals surface area (Å²) >= 11 is 0. The number of nitrogens with one attached hydrogen (secondary N) is 1. The highest BCUT2D eigenvalue weighted by molar-refractivity contribution is 5.89. The normalized spacial score (nSPS) is 17.8. The first-order chi connectivity index (χ1) is 10.3. The Labute approximate surface area is 126 Å². The fourth-order valence-corrected chi connectivity index (χ4v) is 2.36. The number of carbonyl (C=O) groups excluding carboxylic acids is 1. The Hall–Kier alpha value is -2.18. The molecule has 0 spiro atoms. The lowest BCUT2D eigenvalue weighted by molar-refractivity contribution is -0.143. The third-order valence-electron chi connectivity index (χ3n) is 3.75. The summed E-state index contributed by atoms with van der Waals surface area (Å²) in [6.45, 7) is 3.88. The molecule has 0 bridgehead atoms. The van der Waals surface area contributed by atoms with E-state index in [1.165, 1.54) is 0 Å². The topological polar surface area (TPSA) is 75.6 Å². The van der Waals surface area contributed by atoms with Gasteiger partial charge in [0.1, 0.15) is 24.3 Å². The van der Waals surface area contributed by atoms with Crippen molar-refractivity contribution < 1.29 is 28.2 Å². The number of aryl methyl sites for hydroxylation is 2. The van der Waals surface area contributed by atoms with Crippen LogP contribution in [0.25, 0.3) is 0 Å².